The second kappa shape index (κ2) is 6.19. The van der Waals surface area contributed by atoms with Crippen molar-refractivity contribution in [1.29, 1.82) is 0 Å². The maximum atomic E-state index is 14.8. The Kier molecular flexibility index (Phi) is 3.95. The summed E-state index contributed by atoms with van der Waals surface area (Å²) in [4.78, 5) is 18.6. The molecular formula is C20H17F2N3O2. The van der Waals surface area contributed by atoms with Crippen LogP contribution >= 0.6 is 0 Å². The summed E-state index contributed by atoms with van der Waals surface area (Å²) in [6.07, 6.45) is 0. The highest BCUT2D eigenvalue weighted by molar-refractivity contribution is 6.11. The van der Waals surface area contributed by atoms with E-state index in [-0.39, 0.29) is 40.5 Å². The molecule has 0 aliphatic carbocycles. The Morgan fingerprint density at radius 2 is 1.89 bits per heavy atom. The molecule has 1 amide bonds. The molecule has 2 aromatic carbocycles. The molecule has 0 bridgehead atoms. The predicted molar refractivity (Wildman–Crippen MR) is 98.5 cm³/mol. The fraction of sp³-hybridized carbons (Fsp3) is 0.200. The first-order valence-corrected chi connectivity index (χ1v) is 8.50. The molecule has 2 heterocycles. The molecule has 0 spiro atoms. The monoisotopic (exact) mass is 369 g/mol. The van der Waals surface area contributed by atoms with Crippen LogP contribution < -0.4 is 10.5 Å². The number of ether oxygens (including phenoxy) is 1. The lowest BCUT2D eigenvalue weighted by Gasteiger charge is -2.14. The van der Waals surface area contributed by atoms with Gasteiger partial charge in [0.15, 0.2) is 0 Å². The standard InChI is InChI=1S/C20H17F2N3O2/c1-3-25-9-13-17(20(25)26)18(23)10-7-8-12(22)16(19(10)24-13)15-11(21)5-4-6-14(15)27-2/h4-8H,3,9H2,1-2H3,(H2,23,24). The molecule has 1 aliphatic rings. The molecule has 5 nitrogen and oxygen atoms in total. The Bertz CT molecular complexity index is 1100. The summed E-state index contributed by atoms with van der Waals surface area (Å²) in [5, 5.41) is 0.404. The van der Waals surface area contributed by atoms with Gasteiger partial charge in [-0.05, 0) is 31.2 Å². The van der Waals surface area contributed by atoms with Gasteiger partial charge in [0, 0.05) is 11.9 Å². The summed E-state index contributed by atoms with van der Waals surface area (Å²) in [7, 11) is 1.39. The van der Waals surface area contributed by atoms with Crippen LogP contribution in [0.4, 0.5) is 14.5 Å². The fourth-order valence-corrected chi connectivity index (χ4v) is 3.56. The first-order valence-electron chi connectivity index (χ1n) is 8.50. The lowest BCUT2D eigenvalue weighted by Crippen LogP contribution is -2.23. The van der Waals surface area contributed by atoms with Gasteiger partial charge < -0.3 is 15.4 Å². The Hall–Kier alpha value is -3.22. The number of carbonyl (C=O) groups excluding carboxylic acids is 1. The number of nitrogens with zero attached hydrogens (tertiary/aromatic N) is 2. The second-order valence-corrected chi connectivity index (χ2v) is 6.30. The molecule has 0 saturated heterocycles. The normalized spacial score (nSPS) is 13.3. The average molecular weight is 369 g/mol. The molecular weight excluding hydrogens is 352 g/mol. The highest BCUT2D eigenvalue weighted by Crippen LogP contribution is 2.41. The Morgan fingerprint density at radius 3 is 2.59 bits per heavy atom. The lowest BCUT2D eigenvalue weighted by molar-refractivity contribution is 0.0787. The average Bonchev–Trinajstić information content (AvgIpc) is 2.98. The van der Waals surface area contributed by atoms with Gasteiger partial charge in [0.1, 0.15) is 17.4 Å². The number of hydrogen-bond donors (Lipinski definition) is 1. The van der Waals surface area contributed by atoms with E-state index in [1.165, 1.54) is 31.4 Å². The number of methoxy groups -OCH3 is 1. The van der Waals surface area contributed by atoms with Crippen LogP contribution in [0.2, 0.25) is 0 Å². The molecule has 0 unspecified atom stereocenters. The number of pyridine rings is 1. The molecule has 1 aliphatic heterocycles. The van der Waals surface area contributed by atoms with E-state index in [2.05, 4.69) is 4.98 Å². The van der Waals surface area contributed by atoms with Crippen molar-refractivity contribution < 1.29 is 18.3 Å². The molecule has 0 atom stereocenters. The van der Waals surface area contributed by atoms with Crippen LogP contribution in [0.5, 0.6) is 5.75 Å². The number of benzene rings is 2. The number of nitrogen functional groups attached to an aromatic ring is 1. The lowest BCUT2D eigenvalue weighted by atomic mass is 9.97. The SMILES string of the molecule is CCN1Cc2nc3c(-c4c(F)cccc4OC)c(F)ccc3c(N)c2C1=O. The Balaban J connectivity index is 2.09. The Morgan fingerprint density at radius 1 is 1.15 bits per heavy atom. The topological polar surface area (TPSA) is 68.5 Å². The van der Waals surface area contributed by atoms with E-state index in [0.717, 1.165) is 0 Å². The van der Waals surface area contributed by atoms with Crippen LogP contribution in [0.3, 0.4) is 0 Å². The van der Waals surface area contributed by atoms with E-state index in [1.807, 2.05) is 6.92 Å². The number of hydrogen-bond acceptors (Lipinski definition) is 4. The van der Waals surface area contributed by atoms with Crippen molar-refractivity contribution in [3.05, 3.63) is 53.2 Å². The summed E-state index contributed by atoms with van der Waals surface area (Å²) in [5.41, 5.74) is 7.44. The van der Waals surface area contributed by atoms with Crippen molar-refractivity contribution in [1.82, 2.24) is 9.88 Å². The number of halogens is 2. The molecule has 0 fully saturated rings. The minimum absolute atomic E-state index is 0.0216. The van der Waals surface area contributed by atoms with Gasteiger partial charge in [-0.2, -0.15) is 0 Å². The first kappa shape index (κ1) is 17.2. The van der Waals surface area contributed by atoms with Crippen LogP contribution in [0.15, 0.2) is 30.3 Å². The van der Waals surface area contributed by atoms with Crippen LogP contribution in [-0.4, -0.2) is 29.4 Å². The highest BCUT2D eigenvalue weighted by Gasteiger charge is 2.32. The van der Waals surface area contributed by atoms with Crippen molar-refractivity contribution in [3.8, 4) is 16.9 Å². The molecule has 27 heavy (non-hydrogen) atoms. The van der Waals surface area contributed by atoms with Gasteiger partial charge in [0.2, 0.25) is 0 Å². The zero-order valence-corrected chi connectivity index (χ0v) is 14.8. The molecule has 7 heteroatoms. The summed E-state index contributed by atoms with van der Waals surface area (Å²) < 4.78 is 34.7. The number of carbonyl (C=O) groups is 1. The third-order valence-electron chi connectivity index (χ3n) is 4.89. The Labute approximate surface area is 154 Å². The number of rotatable bonds is 3. The van der Waals surface area contributed by atoms with E-state index in [4.69, 9.17) is 10.5 Å². The predicted octanol–water partition coefficient (Wildman–Crippen LogP) is 3.75. The number of amides is 1. The fourth-order valence-electron chi connectivity index (χ4n) is 3.56. The summed E-state index contributed by atoms with van der Waals surface area (Å²) in [6, 6.07) is 6.93. The zero-order chi connectivity index (χ0) is 19.3. The van der Waals surface area contributed by atoms with Gasteiger partial charge in [-0.3, -0.25) is 4.79 Å². The minimum Gasteiger partial charge on any atom is -0.496 e. The molecule has 0 saturated carbocycles. The maximum Gasteiger partial charge on any atom is 0.258 e. The largest absolute Gasteiger partial charge is 0.496 e. The van der Waals surface area contributed by atoms with Crippen LogP contribution in [-0.2, 0) is 6.54 Å². The minimum atomic E-state index is -0.644. The van der Waals surface area contributed by atoms with Crippen LogP contribution in [0.25, 0.3) is 22.0 Å². The first-order chi connectivity index (χ1) is 13.0. The quantitative estimate of drug-likeness (QED) is 0.764. The van der Waals surface area contributed by atoms with Crippen molar-refractivity contribution in [3.63, 3.8) is 0 Å². The van der Waals surface area contributed by atoms with Gasteiger partial charge in [-0.1, -0.05) is 6.07 Å². The molecule has 3 aromatic rings. The van der Waals surface area contributed by atoms with Crippen molar-refractivity contribution in [2.24, 2.45) is 0 Å². The molecule has 2 N–H and O–H groups in total. The number of fused-ring (bicyclic) bond motifs is 2. The maximum absolute atomic E-state index is 14.8. The third-order valence-corrected chi connectivity index (χ3v) is 4.89. The number of aromatic nitrogens is 1. The third kappa shape index (κ3) is 2.42. The van der Waals surface area contributed by atoms with E-state index < -0.39 is 11.6 Å². The van der Waals surface area contributed by atoms with Gasteiger partial charge in [0.25, 0.3) is 5.91 Å². The second-order valence-electron chi connectivity index (χ2n) is 6.30. The zero-order valence-electron chi connectivity index (χ0n) is 14.8. The van der Waals surface area contributed by atoms with E-state index in [1.54, 1.807) is 11.0 Å². The molecule has 138 valence electrons. The molecule has 1 aromatic heterocycles. The number of anilines is 1. The number of nitrogens with two attached hydrogens (primary N) is 1. The van der Waals surface area contributed by atoms with Gasteiger partial charge in [0.05, 0.1) is 47.2 Å². The highest BCUT2D eigenvalue weighted by atomic mass is 19.1. The van der Waals surface area contributed by atoms with E-state index in [0.29, 0.717) is 23.2 Å². The van der Waals surface area contributed by atoms with Gasteiger partial charge >= 0.3 is 0 Å². The van der Waals surface area contributed by atoms with Crippen LogP contribution in [0, 0.1) is 11.6 Å². The molecule has 4 rings (SSSR count). The molecule has 0 radical (unpaired) electrons. The van der Waals surface area contributed by atoms with Crippen molar-refractivity contribution in [2.75, 3.05) is 19.4 Å². The van der Waals surface area contributed by atoms with E-state index in [9.17, 15) is 13.6 Å². The van der Waals surface area contributed by atoms with E-state index >= 15 is 0 Å². The van der Waals surface area contributed by atoms with Crippen molar-refractivity contribution in [2.45, 2.75) is 13.5 Å². The summed E-state index contributed by atoms with van der Waals surface area (Å²) in [5.74, 6) is -1.29. The van der Waals surface area contributed by atoms with Crippen LogP contribution in [0.1, 0.15) is 23.0 Å². The van der Waals surface area contributed by atoms with Crippen molar-refractivity contribution >= 4 is 22.5 Å². The van der Waals surface area contributed by atoms with Gasteiger partial charge in [-0.25, -0.2) is 13.8 Å². The van der Waals surface area contributed by atoms with Gasteiger partial charge in [-0.15, -0.1) is 0 Å². The smallest absolute Gasteiger partial charge is 0.258 e. The summed E-state index contributed by atoms with van der Waals surface area (Å²) >= 11 is 0. The summed E-state index contributed by atoms with van der Waals surface area (Å²) in [6.45, 7) is 2.65.